The normalized spacial score (nSPS) is 9.87. The first-order valence-corrected chi connectivity index (χ1v) is 4.33. The number of aromatic nitrogens is 1. The second-order valence-electron chi connectivity index (χ2n) is 2.93. The van der Waals surface area contributed by atoms with E-state index in [-0.39, 0.29) is 11.6 Å². The highest BCUT2D eigenvalue weighted by atomic mass is 16.5. The Bertz CT molecular complexity index is 465. The van der Waals surface area contributed by atoms with Gasteiger partial charge in [0.2, 0.25) is 0 Å². The maximum atomic E-state index is 11.5. The summed E-state index contributed by atoms with van der Waals surface area (Å²) in [5, 5.41) is 6.14. The topological polar surface area (TPSA) is 81.1 Å². The van der Waals surface area contributed by atoms with E-state index in [0.29, 0.717) is 11.4 Å². The smallest absolute Gasteiger partial charge is 0.277 e. The fourth-order valence-corrected chi connectivity index (χ4v) is 1.13. The van der Waals surface area contributed by atoms with Gasteiger partial charge in [0.15, 0.2) is 5.69 Å². The van der Waals surface area contributed by atoms with Crippen LogP contribution in [0.4, 0.5) is 11.4 Å². The molecule has 0 unspecified atom stereocenters. The third kappa shape index (κ3) is 1.96. The van der Waals surface area contributed by atoms with Crippen LogP contribution in [-0.2, 0) is 0 Å². The molecule has 1 heterocycles. The van der Waals surface area contributed by atoms with Crippen LogP contribution in [0, 0.1) is 0 Å². The van der Waals surface area contributed by atoms with Gasteiger partial charge in [0, 0.05) is 6.07 Å². The van der Waals surface area contributed by atoms with E-state index in [0.717, 1.165) is 0 Å². The maximum Gasteiger partial charge on any atom is 0.277 e. The summed E-state index contributed by atoms with van der Waals surface area (Å²) in [4.78, 5) is 11.5. The van der Waals surface area contributed by atoms with E-state index >= 15 is 0 Å². The molecule has 15 heavy (non-hydrogen) atoms. The molecule has 76 valence electrons. The summed E-state index contributed by atoms with van der Waals surface area (Å²) in [6.07, 6.45) is 1.34. The number of hydrogen-bond acceptors (Lipinski definition) is 4. The second-order valence-corrected chi connectivity index (χ2v) is 2.93. The number of benzene rings is 1. The standard InChI is InChI=1S/C10H9N3O2/c11-7-3-1-2-4-8(7)12-10(14)9-5-6-15-13-9/h1-6H,11H2,(H,12,14). The Hall–Kier alpha value is -2.30. The monoisotopic (exact) mass is 203 g/mol. The highest BCUT2D eigenvalue weighted by Crippen LogP contribution is 2.17. The molecule has 2 aromatic rings. The molecule has 0 aliphatic heterocycles. The summed E-state index contributed by atoms with van der Waals surface area (Å²) < 4.78 is 4.56. The first-order valence-electron chi connectivity index (χ1n) is 4.33. The predicted molar refractivity (Wildman–Crippen MR) is 55.3 cm³/mol. The van der Waals surface area contributed by atoms with Crippen molar-refractivity contribution in [1.82, 2.24) is 5.16 Å². The van der Waals surface area contributed by atoms with Crippen molar-refractivity contribution >= 4 is 17.3 Å². The summed E-state index contributed by atoms with van der Waals surface area (Å²) in [6, 6.07) is 8.48. The number of nitrogen functional groups attached to an aromatic ring is 1. The van der Waals surface area contributed by atoms with Gasteiger partial charge in [-0.15, -0.1) is 0 Å². The van der Waals surface area contributed by atoms with Crippen LogP contribution in [0.2, 0.25) is 0 Å². The van der Waals surface area contributed by atoms with E-state index in [1.165, 1.54) is 12.3 Å². The van der Waals surface area contributed by atoms with Crippen molar-refractivity contribution in [3.8, 4) is 0 Å². The number of nitrogens with two attached hydrogens (primary N) is 1. The van der Waals surface area contributed by atoms with E-state index in [1.54, 1.807) is 24.3 Å². The molecular weight excluding hydrogens is 194 g/mol. The number of anilines is 2. The third-order valence-electron chi connectivity index (χ3n) is 1.88. The Morgan fingerprint density at radius 1 is 1.33 bits per heavy atom. The van der Waals surface area contributed by atoms with Crippen LogP contribution >= 0.6 is 0 Å². The van der Waals surface area contributed by atoms with Gasteiger partial charge in [-0.05, 0) is 12.1 Å². The minimum absolute atomic E-state index is 0.221. The maximum absolute atomic E-state index is 11.5. The molecule has 0 radical (unpaired) electrons. The molecule has 0 bridgehead atoms. The van der Waals surface area contributed by atoms with Gasteiger partial charge in [0.25, 0.3) is 5.91 Å². The lowest BCUT2D eigenvalue weighted by Crippen LogP contribution is -2.13. The van der Waals surface area contributed by atoms with Gasteiger partial charge in [0.1, 0.15) is 6.26 Å². The summed E-state index contributed by atoms with van der Waals surface area (Å²) in [6.45, 7) is 0. The largest absolute Gasteiger partial charge is 0.397 e. The van der Waals surface area contributed by atoms with Crippen LogP contribution in [0.5, 0.6) is 0 Å². The molecule has 0 saturated carbocycles. The highest BCUT2D eigenvalue weighted by molar-refractivity contribution is 6.04. The van der Waals surface area contributed by atoms with E-state index in [4.69, 9.17) is 5.73 Å². The molecule has 0 fully saturated rings. The molecule has 0 aliphatic carbocycles. The molecule has 0 spiro atoms. The number of nitrogens with one attached hydrogen (secondary N) is 1. The lowest BCUT2D eigenvalue weighted by atomic mass is 10.2. The first-order chi connectivity index (χ1) is 7.27. The SMILES string of the molecule is Nc1ccccc1NC(=O)c1ccon1. The molecule has 1 aromatic carbocycles. The van der Waals surface area contributed by atoms with Gasteiger partial charge >= 0.3 is 0 Å². The Kier molecular flexibility index (Phi) is 2.37. The van der Waals surface area contributed by atoms with E-state index in [1.807, 2.05) is 0 Å². The van der Waals surface area contributed by atoms with Crippen LogP contribution in [-0.4, -0.2) is 11.1 Å². The van der Waals surface area contributed by atoms with Crippen molar-refractivity contribution in [2.75, 3.05) is 11.1 Å². The number of rotatable bonds is 2. The van der Waals surface area contributed by atoms with Gasteiger partial charge < -0.3 is 15.6 Å². The average Bonchev–Trinajstić information content (AvgIpc) is 2.74. The summed E-state index contributed by atoms with van der Waals surface area (Å²) in [5.74, 6) is -0.346. The third-order valence-corrected chi connectivity index (χ3v) is 1.88. The average molecular weight is 203 g/mol. The summed E-state index contributed by atoms with van der Waals surface area (Å²) in [5.41, 5.74) is 6.95. The molecule has 0 saturated heterocycles. The van der Waals surface area contributed by atoms with Gasteiger partial charge in [-0.1, -0.05) is 17.3 Å². The zero-order valence-electron chi connectivity index (χ0n) is 7.81. The van der Waals surface area contributed by atoms with Crippen LogP contribution in [0.25, 0.3) is 0 Å². The Labute approximate surface area is 85.9 Å². The van der Waals surface area contributed by atoms with Gasteiger partial charge in [-0.25, -0.2) is 0 Å². The lowest BCUT2D eigenvalue weighted by Gasteiger charge is -2.05. The van der Waals surface area contributed by atoms with Gasteiger partial charge in [-0.2, -0.15) is 0 Å². The quantitative estimate of drug-likeness (QED) is 0.725. The fourth-order valence-electron chi connectivity index (χ4n) is 1.13. The zero-order chi connectivity index (χ0) is 10.7. The minimum atomic E-state index is -0.346. The molecule has 5 nitrogen and oxygen atoms in total. The molecule has 1 aromatic heterocycles. The molecule has 0 aliphatic rings. The molecule has 5 heteroatoms. The van der Waals surface area contributed by atoms with Crippen molar-refractivity contribution in [3.63, 3.8) is 0 Å². The van der Waals surface area contributed by atoms with Crippen molar-refractivity contribution < 1.29 is 9.32 Å². The molecular formula is C10H9N3O2. The fraction of sp³-hybridized carbons (Fsp3) is 0. The van der Waals surface area contributed by atoms with Crippen molar-refractivity contribution in [1.29, 1.82) is 0 Å². The Balaban J connectivity index is 2.17. The number of para-hydroxylation sites is 2. The summed E-state index contributed by atoms with van der Waals surface area (Å²) >= 11 is 0. The number of carbonyl (C=O) groups is 1. The van der Waals surface area contributed by atoms with Gasteiger partial charge in [0.05, 0.1) is 11.4 Å². The second kappa shape index (κ2) is 3.83. The number of carbonyl (C=O) groups excluding carboxylic acids is 1. The lowest BCUT2D eigenvalue weighted by molar-refractivity contribution is 0.101. The van der Waals surface area contributed by atoms with Crippen molar-refractivity contribution in [2.24, 2.45) is 0 Å². The van der Waals surface area contributed by atoms with E-state index in [2.05, 4.69) is 15.0 Å². The molecule has 2 rings (SSSR count). The van der Waals surface area contributed by atoms with Crippen LogP contribution in [0.3, 0.4) is 0 Å². The van der Waals surface area contributed by atoms with Gasteiger partial charge in [-0.3, -0.25) is 4.79 Å². The molecule has 3 N–H and O–H groups in total. The van der Waals surface area contributed by atoms with Crippen LogP contribution < -0.4 is 11.1 Å². The molecule has 0 atom stereocenters. The van der Waals surface area contributed by atoms with Crippen molar-refractivity contribution in [3.05, 3.63) is 42.3 Å². The van der Waals surface area contributed by atoms with E-state index in [9.17, 15) is 4.79 Å². The Morgan fingerprint density at radius 3 is 2.80 bits per heavy atom. The number of hydrogen-bond donors (Lipinski definition) is 2. The molecule has 1 amide bonds. The first kappa shape index (κ1) is 9.26. The minimum Gasteiger partial charge on any atom is -0.397 e. The number of amides is 1. The van der Waals surface area contributed by atoms with Crippen LogP contribution in [0.15, 0.2) is 41.1 Å². The van der Waals surface area contributed by atoms with E-state index < -0.39 is 0 Å². The van der Waals surface area contributed by atoms with Crippen molar-refractivity contribution in [2.45, 2.75) is 0 Å². The number of nitrogens with zero attached hydrogens (tertiary/aromatic N) is 1. The predicted octanol–water partition coefficient (Wildman–Crippen LogP) is 1.51. The zero-order valence-corrected chi connectivity index (χ0v) is 7.81. The Morgan fingerprint density at radius 2 is 2.13 bits per heavy atom. The van der Waals surface area contributed by atoms with Crippen LogP contribution in [0.1, 0.15) is 10.5 Å². The highest BCUT2D eigenvalue weighted by Gasteiger charge is 2.09. The summed E-state index contributed by atoms with van der Waals surface area (Å²) in [7, 11) is 0.